The minimum absolute atomic E-state index is 0.467. The topological polar surface area (TPSA) is 90.4 Å². The summed E-state index contributed by atoms with van der Waals surface area (Å²) < 4.78 is 0. The summed E-state index contributed by atoms with van der Waals surface area (Å²) in [5.41, 5.74) is 1.22. The van der Waals surface area contributed by atoms with E-state index in [4.69, 9.17) is 0 Å². The lowest BCUT2D eigenvalue weighted by molar-refractivity contribution is -0.107. The summed E-state index contributed by atoms with van der Waals surface area (Å²) in [5, 5.41) is 17.0. The Balaban J connectivity index is 1.46. The number of carbonyl (C=O) groups excluding carboxylic acids is 1. The second-order valence-electron chi connectivity index (χ2n) is 6.70. The Morgan fingerprint density at radius 1 is 1.20 bits per heavy atom. The van der Waals surface area contributed by atoms with Crippen molar-refractivity contribution >= 4 is 23.6 Å². The third-order valence-corrected chi connectivity index (χ3v) is 4.93. The fourth-order valence-corrected chi connectivity index (χ4v) is 3.55. The Kier molecular flexibility index (Phi) is 4.01. The largest absolute Gasteiger partial charge is 0.389 e. The second kappa shape index (κ2) is 6.33. The van der Waals surface area contributed by atoms with Crippen LogP contribution < -0.4 is 15.5 Å². The molecule has 7 heteroatoms. The molecule has 1 unspecified atom stereocenters. The smallest absolute Gasteiger partial charge is 0.162 e. The van der Waals surface area contributed by atoms with Gasteiger partial charge in [-0.25, -0.2) is 9.97 Å². The van der Waals surface area contributed by atoms with Crippen molar-refractivity contribution in [2.45, 2.75) is 31.0 Å². The number of anilines is 3. The van der Waals surface area contributed by atoms with Crippen molar-refractivity contribution in [3.63, 3.8) is 0 Å². The van der Waals surface area contributed by atoms with E-state index < -0.39 is 11.8 Å². The van der Waals surface area contributed by atoms with Crippen LogP contribution in [0.2, 0.25) is 0 Å². The van der Waals surface area contributed by atoms with Crippen LogP contribution in [-0.2, 0) is 11.2 Å². The minimum atomic E-state index is -0.689. The van der Waals surface area contributed by atoms with Gasteiger partial charge in [0.25, 0.3) is 0 Å². The van der Waals surface area contributed by atoms with Gasteiger partial charge < -0.3 is 20.6 Å². The first-order valence-electron chi connectivity index (χ1n) is 8.51. The van der Waals surface area contributed by atoms with Crippen LogP contribution in [0.4, 0.5) is 17.3 Å². The van der Waals surface area contributed by atoms with E-state index in [0.29, 0.717) is 38.2 Å². The predicted molar refractivity (Wildman–Crippen MR) is 95.7 cm³/mol. The van der Waals surface area contributed by atoms with Gasteiger partial charge in [-0.1, -0.05) is 30.3 Å². The molecule has 1 saturated heterocycles. The molecule has 0 radical (unpaired) electrons. The zero-order valence-electron chi connectivity index (χ0n) is 13.9. The number of carbonyl (C=O) groups is 1. The van der Waals surface area contributed by atoms with E-state index >= 15 is 0 Å². The summed E-state index contributed by atoms with van der Waals surface area (Å²) in [7, 11) is 0. The van der Waals surface area contributed by atoms with Crippen LogP contribution >= 0.6 is 0 Å². The molecule has 1 aromatic heterocycles. The van der Waals surface area contributed by atoms with Gasteiger partial charge >= 0.3 is 0 Å². The van der Waals surface area contributed by atoms with E-state index in [1.807, 2.05) is 18.2 Å². The molecule has 25 heavy (non-hydrogen) atoms. The van der Waals surface area contributed by atoms with Crippen molar-refractivity contribution in [3.05, 3.63) is 42.2 Å². The fourth-order valence-electron chi connectivity index (χ4n) is 3.55. The molecule has 1 aromatic carbocycles. The lowest BCUT2D eigenvalue weighted by Crippen LogP contribution is -2.46. The molecule has 1 atom stereocenters. The number of aromatic nitrogens is 2. The zero-order valence-corrected chi connectivity index (χ0v) is 13.9. The standard InChI is InChI=1S/C18H21N5O2/c24-11-14-21-15-16(22-14)19-12-20-17(15)23-8-6-18(25,7-9-23)10-13-4-2-1-3-5-13/h1-5,11-12,14,21,25H,6-10H2,(H,19,20,22). The molecule has 0 bridgehead atoms. The summed E-state index contributed by atoms with van der Waals surface area (Å²) in [6.45, 7) is 1.42. The lowest BCUT2D eigenvalue weighted by atomic mass is 9.85. The van der Waals surface area contributed by atoms with E-state index in [-0.39, 0.29) is 0 Å². The van der Waals surface area contributed by atoms with E-state index in [9.17, 15) is 9.90 Å². The minimum Gasteiger partial charge on any atom is -0.389 e. The maximum atomic E-state index is 11.0. The van der Waals surface area contributed by atoms with E-state index in [2.05, 4.69) is 37.6 Å². The quantitative estimate of drug-likeness (QED) is 0.726. The van der Waals surface area contributed by atoms with Gasteiger partial charge in [-0.3, -0.25) is 4.79 Å². The SMILES string of the molecule is O=CC1Nc2ncnc(N3CCC(O)(Cc4ccccc4)CC3)c2N1. The van der Waals surface area contributed by atoms with Gasteiger partial charge in [0.1, 0.15) is 12.0 Å². The molecule has 1 fully saturated rings. The van der Waals surface area contributed by atoms with Crippen molar-refractivity contribution in [2.75, 3.05) is 28.6 Å². The normalized spacial score (nSPS) is 21.2. The van der Waals surface area contributed by atoms with Crippen molar-refractivity contribution in [1.29, 1.82) is 0 Å². The molecule has 130 valence electrons. The third kappa shape index (κ3) is 3.15. The van der Waals surface area contributed by atoms with E-state index in [0.717, 1.165) is 23.4 Å². The molecule has 3 heterocycles. The number of piperidine rings is 1. The molecule has 2 aliphatic rings. The monoisotopic (exact) mass is 339 g/mol. The molecule has 0 amide bonds. The third-order valence-electron chi connectivity index (χ3n) is 4.93. The maximum Gasteiger partial charge on any atom is 0.162 e. The average Bonchev–Trinajstić information content (AvgIpc) is 3.06. The summed E-state index contributed by atoms with van der Waals surface area (Å²) >= 11 is 0. The van der Waals surface area contributed by atoms with Crippen LogP contribution in [0.15, 0.2) is 36.7 Å². The summed E-state index contributed by atoms with van der Waals surface area (Å²) in [4.78, 5) is 21.7. The first-order chi connectivity index (χ1) is 12.2. The van der Waals surface area contributed by atoms with Crippen molar-refractivity contribution in [2.24, 2.45) is 0 Å². The van der Waals surface area contributed by atoms with Crippen LogP contribution in [0, 0.1) is 0 Å². The number of aliphatic hydroxyl groups is 1. The molecular formula is C18H21N5O2. The molecule has 0 aliphatic carbocycles. The number of benzene rings is 1. The van der Waals surface area contributed by atoms with Crippen molar-refractivity contribution < 1.29 is 9.90 Å². The molecule has 7 nitrogen and oxygen atoms in total. The van der Waals surface area contributed by atoms with Gasteiger partial charge in [0.15, 0.2) is 24.1 Å². The van der Waals surface area contributed by atoms with Gasteiger partial charge in [-0.2, -0.15) is 0 Å². The number of nitrogens with one attached hydrogen (secondary N) is 2. The number of aldehydes is 1. The van der Waals surface area contributed by atoms with Gasteiger partial charge in [0, 0.05) is 19.5 Å². The highest BCUT2D eigenvalue weighted by Crippen LogP contribution is 2.37. The van der Waals surface area contributed by atoms with Crippen molar-refractivity contribution in [1.82, 2.24) is 9.97 Å². The van der Waals surface area contributed by atoms with E-state index in [1.165, 1.54) is 6.33 Å². The summed E-state index contributed by atoms with van der Waals surface area (Å²) in [6, 6.07) is 10.1. The van der Waals surface area contributed by atoms with Crippen LogP contribution in [-0.4, -0.2) is 46.2 Å². The van der Waals surface area contributed by atoms with Gasteiger partial charge in [0.2, 0.25) is 0 Å². The number of fused-ring (bicyclic) bond motifs is 1. The average molecular weight is 339 g/mol. The highest BCUT2D eigenvalue weighted by Gasteiger charge is 2.35. The van der Waals surface area contributed by atoms with Gasteiger partial charge in [-0.15, -0.1) is 0 Å². The summed E-state index contributed by atoms with van der Waals surface area (Å²) in [5.74, 6) is 1.43. The predicted octanol–water partition coefficient (Wildman–Crippen LogP) is 1.41. The highest BCUT2D eigenvalue weighted by atomic mass is 16.3. The Hall–Kier alpha value is -2.67. The lowest BCUT2D eigenvalue weighted by Gasteiger charge is -2.39. The van der Waals surface area contributed by atoms with Crippen LogP contribution in [0.3, 0.4) is 0 Å². The molecule has 4 rings (SSSR count). The van der Waals surface area contributed by atoms with E-state index in [1.54, 1.807) is 0 Å². The Labute approximate surface area is 146 Å². The fraction of sp³-hybridized carbons (Fsp3) is 0.389. The Bertz CT molecular complexity index is 759. The molecular weight excluding hydrogens is 318 g/mol. The van der Waals surface area contributed by atoms with Crippen molar-refractivity contribution in [3.8, 4) is 0 Å². The molecule has 0 saturated carbocycles. The number of rotatable bonds is 4. The van der Waals surface area contributed by atoms with Gasteiger partial charge in [-0.05, 0) is 18.4 Å². The highest BCUT2D eigenvalue weighted by molar-refractivity contribution is 5.87. The van der Waals surface area contributed by atoms with Crippen LogP contribution in [0.1, 0.15) is 18.4 Å². The molecule has 2 aliphatic heterocycles. The first-order valence-corrected chi connectivity index (χ1v) is 8.51. The summed E-state index contributed by atoms with van der Waals surface area (Å²) in [6.07, 6.45) is 3.85. The van der Waals surface area contributed by atoms with Crippen LogP contribution in [0.5, 0.6) is 0 Å². The number of nitrogens with zero attached hydrogens (tertiary/aromatic N) is 3. The zero-order chi connectivity index (χ0) is 17.3. The maximum absolute atomic E-state index is 11.0. The van der Waals surface area contributed by atoms with Crippen LogP contribution in [0.25, 0.3) is 0 Å². The molecule has 2 aromatic rings. The Morgan fingerprint density at radius 3 is 2.68 bits per heavy atom. The number of hydrogen-bond donors (Lipinski definition) is 3. The molecule has 3 N–H and O–H groups in total. The Morgan fingerprint density at radius 2 is 1.96 bits per heavy atom. The molecule has 0 spiro atoms. The first kappa shape index (κ1) is 15.8. The number of hydrogen-bond acceptors (Lipinski definition) is 7. The second-order valence-corrected chi connectivity index (χ2v) is 6.70. The van der Waals surface area contributed by atoms with Gasteiger partial charge in [0.05, 0.1) is 5.60 Å².